The van der Waals surface area contributed by atoms with E-state index in [1.807, 2.05) is 6.20 Å². The summed E-state index contributed by atoms with van der Waals surface area (Å²) < 4.78 is 0. The Hall–Kier alpha value is -1.57. The van der Waals surface area contributed by atoms with E-state index in [-0.39, 0.29) is 5.54 Å². The largest absolute Gasteiger partial charge is 0.364 e. The third-order valence-electron chi connectivity index (χ3n) is 3.55. The van der Waals surface area contributed by atoms with Crippen LogP contribution in [0.3, 0.4) is 0 Å². The number of benzene rings is 1. The van der Waals surface area contributed by atoms with Crippen molar-refractivity contribution in [3.05, 3.63) is 36.5 Å². The molecule has 1 N–H and O–H groups in total. The molecule has 16 heavy (non-hydrogen) atoms. The number of hydrogen-bond donors (Lipinski definition) is 1. The lowest BCUT2D eigenvalue weighted by Crippen LogP contribution is -2.41. The van der Waals surface area contributed by atoms with Crippen LogP contribution >= 0.6 is 0 Å². The van der Waals surface area contributed by atoms with E-state index < -0.39 is 0 Å². The Bertz CT molecular complexity index is 510. The zero-order chi connectivity index (χ0) is 11.0. The van der Waals surface area contributed by atoms with Gasteiger partial charge in [0.05, 0.1) is 0 Å². The Morgan fingerprint density at radius 2 is 2.00 bits per heavy atom. The predicted molar refractivity (Wildman–Crippen MR) is 67.6 cm³/mol. The van der Waals surface area contributed by atoms with E-state index in [1.165, 1.54) is 30.0 Å². The minimum absolute atomic E-state index is 0.261. The highest BCUT2D eigenvalue weighted by Crippen LogP contribution is 2.35. The Balaban J connectivity index is 2.03. The lowest BCUT2D eigenvalue weighted by molar-refractivity contribution is 0.306. The minimum atomic E-state index is 0.261. The van der Waals surface area contributed by atoms with Crippen LogP contribution in [0.15, 0.2) is 36.5 Å². The van der Waals surface area contributed by atoms with Crippen molar-refractivity contribution in [1.29, 1.82) is 0 Å². The molecular formula is C14H16N2. The molecule has 1 aromatic heterocycles. The topological polar surface area (TPSA) is 24.9 Å². The van der Waals surface area contributed by atoms with E-state index in [9.17, 15) is 0 Å². The number of fused-ring (bicyclic) bond motifs is 1. The van der Waals surface area contributed by atoms with Gasteiger partial charge in [-0.1, -0.05) is 24.3 Å². The van der Waals surface area contributed by atoms with E-state index in [1.54, 1.807) is 0 Å². The molecule has 0 saturated heterocycles. The fourth-order valence-electron chi connectivity index (χ4n) is 2.34. The molecule has 0 bridgehead atoms. The summed E-state index contributed by atoms with van der Waals surface area (Å²) in [6, 6.07) is 10.5. The molecule has 0 amide bonds. The fraction of sp³-hybridized carbons (Fsp3) is 0.357. The van der Waals surface area contributed by atoms with Crippen molar-refractivity contribution >= 4 is 16.6 Å². The van der Waals surface area contributed by atoms with Crippen LogP contribution in [0.2, 0.25) is 0 Å². The molecule has 3 rings (SSSR count). The fourth-order valence-corrected chi connectivity index (χ4v) is 2.34. The molecule has 0 spiro atoms. The number of anilines is 1. The molecule has 2 nitrogen and oxygen atoms in total. The number of aromatic nitrogens is 1. The van der Waals surface area contributed by atoms with Gasteiger partial charge < -0.3 is 5.32 Å². The van der Waals surface area contributed by atoms with Gasteiger partial charge in [0.2, 0.25) is 0 Å². The number of nitrogens with zero attached hydrogens (tertiary/aromatic N) is 1. The van der Waals surface area contributed by atoms with Gasteiger partial charge in [-0.05, 0) is 37.6 Å². The first-order valence-corrected chi connectivity index (χ1v) is 5.89. The van der Waals surface area contributed by atoms with E-state index >= 15 is 0 Å². The van der Waals surface area contributed by atoms with Gasteiger partial charge in [0.25, 0.3) is 0 Å². The molecule has 1 aliphatic carbocycles. The van der Waals surface area contributed by atoms with Gasteiger partial charge >= 0.3 is 0 Å². The molecule has 1 aliphatic rings. The first kappa shape index (κ1) is 9.64. The second-order valence-corrected chi connectivity index (χ2v) is 4.92. The van der Waals surface area contributed by atoms with Crippen molar-refractivity contribution in [2.75, 3.05) is 5.32 Å². The first-order valence-electron chi connectivity index (χ1n) is 5.89. The average Bonchev–Trinajstić information content (AvgIpc) is 2.27. The van der Waals surface area contributed by atoms with Crippen LogP contribution in [0, 0.1) is 0 Å². The maximum atomic E-state index is 4.46. The standard InChI is InChI=1S/C14H16N2/c1-14(8-4-9-14)16-13-12-6-3-2-5-11(12)7-10-15-13/h2-3,5-7,10H,4,8-9H2,1H3,(H,15,16). The summed E-state index contributed by atoms with van der Waals surface area (Å²) in [6.45, 7) is 2.28. The van der Waals surface area contributed by atoms with Crippen LogP contribution < -0.4 is 5.32 Å². The van der Waals surface area contributed by atoms with E-state index in [2.05, 4.69) is 47.6 Å². The van der Waals surface area contributed by atoms with Crippen molar-refractivity contribution in [3.63, 3.8) is 0 Å². The van der Waals surface area contributed by atoms with Crippen LogP contribution in [-0.2, 0) is 0 Å². The van der Waals surface area contributed by atoms with Gasteiger partial charge in [-0.2, -0.15) is 0 Å². The number of pyridine rings is 1. The van der Waals surface area contributed by atoms with Crippen LogP contribution in [0.25, 0.3) is 10.8 Å². The van der Waals surface area contributed by atoms with Gasteiger partial charge in [-0.15, -0.1) is 0 Å². The third-order valence-corrected chi connectivity index (χ3v) is 3.55. The monoisotopic (exact) mass is 212 g/mol. The maximum absolute atomic E-state index is 4.46. The number of rotatable bonds is 2. The van der Waals surface area contributed by atoms with Crippen molar-refractivity contribution in [2.45, 2.75) is 31.7 Å². The van der Waals surface area contributed by atoms with E-state index in [4.69, 9.17) is 0 Å². The molecule has 0 unspecified atom stereocenters. The van der Waals surface area contributed by atoms with Gasteiger partial charge in [0.1, 0.15) is 5.82 Å². The molecule has 1 heterocycles. The Kier molecular flexibility index (Phi) is 2.10. The van der Waals surface area contributed by atoms with Crippen LogP contribution in [-0.4, -0.2) is 10.5 Å². The van der Waals surface area contributed by atoms with Crippen LogP contribution in [0.5, 0.6) is 0 Å². The highest BCUT2D eigenvalue weighted by atomic mass is 15.1. The molecule has 2 aromatic rings. The predicted octanol–water partition coefficient (Wildman–Crippen LogP) is 3.59. The maximum Gasteiger partial charge on any atom is 0.134 e. The van der Waals surface area contributed by atoms with Gasteiger partial charge in [0, 0.05) is 17.1 Å². The van der Waals surface area contributed by atoms with Crippen molar-refractivity contribution in [2.24, 2.45) is 0 Å². The second kappa shape index (κ2) is 3.48. The zero-order valence-corrected chi connectivity index (χ0v) is 9.53. The summed E-state index contributed by atoms with van der Waals surface area (Å²) in [6.07, 6.45) is 5.71. The van der Waals surface area contributed by atoms with Crippen molar-refractivity contribution in [3.8, 4) is 0 Å². The number of nitrogens with one attached hydrogen (secondary N) is 1. The lowest BCUT2D eigenvalue weighted by atomic mass is 9.78. The summed E-state index contributed by atoms with van der Waals surface area (Å²) >= 11 is 0. The van der Waals surface area contributed by atoms with Crippen molar-refractivity contribution < 1.29 is 0 Å². The zero-order valence-electron chi connectivity index (χ0n) is 9.53. The lowest BCUT2D eigenvalue weighted by Gasteiger charge is -2.39. The number of hydrogen-bond acceptors (Lipinski definition) is 2. The summed E-state index contributed by atoms with van der Waals surface area (Å²) in [5.41, 5.74) is 0.261. The van der Waals surface area contributed by atoms with Crippen LogP contribution in [0.4, 0.5) is 5.82 Å². The van der Waals surface area contributed by atoms with E-state index in [0.717, 1.165) is 5.82 Å². The molecule has 1 saturated carbocycles. The normalized spacial score (nSPS) is 18.1. The Morgan fingerprint density at radius 1 is 1.19 bits per heavy atom. The molecule has 2 heteroatoms. The van der Waals surface area contributed by atoms with E-state index in [0.29, 0.717) is 0 Å². The van der Waals surface area contributed by atoms with Gasteiger partial charge in [-0.25, -0.2) is 4.98 Å². The summed E-state index contributed by atoms with van der Waals surface area (Å²) in [7, 11) is 0. The molecule has 1 aromatic carbocycles. The Labute approximate surface area is 95.7 Å². The highest BCUT2D eigenvalue weighted by Gasteiger charge is 2.32. The quantitative estimate of drug-likeness (QED) is 0.822. The average molecular weight is 212 g/mol. The highest BCUT2D eigenvalue weighted by molar-refractivity contribution is 5.91. The SMILES string of the molecule is CC1(Nc2nccc3ccccc23)CCC1. The van der Waals surface area contributed by atoms with Crippen LogP contribution in [0.1, 0.15) is 26.2 Å². The van der Waals surface area contributed by atoms with Crippen molar-refractivity contribution in [1.82, 2.24) is 4.98 Å². The molecule has 0 aliphatic heterocycles. The van der Waals surface area contributed by atoms with Gasteiger partial charge in [0.15, 0.2) is 0 Å². The Morgan fingerprint density at radius 3 is 2.75 bits per heavy atom. The molecular weight excluding hydrogens is 196 g/mol. The summed E-state index contributed by atoms with van der Waals surface area (Å²) in [5.74, 6) is 1.03. The first-order chi connectivity index (χ1) is 7.77. The molecule has 0 radical (unpaired) electrons. The molecule has 0 atom stereocenters. The molecule has 1 fully saturated rings. The second-order valence-electron chi connectivity index (χ2n) is 4.92. The summed E-state index contributed by atoms with van der Waals surface area (Å²) in [4.78, 5) is 4.46. The molecule has 82 valence electrons. The summed E-state index contributed by atoms with van der Waals surface area (Å²) in [5, 5.41) is 6.06. The van der Waals surface area contributed by atoms with Gasteiger partial charge in [-0.3, -0.25) is 0 Å². The third kappa shape index (κ3) is 1.54. The smallest absolute Gasteiger partial charge is 0.134 e. The minimum Gasteiger partial charge on any atom is -0.364 e.